The van der Waals surface area contributed by atoms with Gasteiger partial charge in [0.15, 0.2) is 5.96 Å². The number of aliphatic imine (C=N–C) groups is 1. The average Bonchev–Trinajstić information content (AvgIpc) is 3.15. The van der Waals surface area contributed by atoms with E-state index in [0.29, 0.717) is 11.1 Å². The maximum atomic E-state index is 14.1. The van der Waals surface area contributed by atoms with Crippen LogP contribution in [-0.2, 0) is 48.0 Å². The summed E-state index contributed by atoms with van der Waals surface area (Å²) < 4.78 is 0. The van der Waals surface area contributed by atoms with Crippen LogP contribution in [0, 0.1) is 13.8 Å². The first-order chi connectivity index (χ1) is 27.0. The number of nitrogens with one attached hydrogen (secondary N) is 4. The van der Waals surface area contributed by atoms with Crippen molar-refractivity contribution < 1.29 is 39.0 Å². The number of aryl methyl sites for hydroxylation is 2. The fourth-order valence-corrected chi connectivity index (χ4v) is 6.14. The van der Waals surface area contributed by atoms with Gasteiger partial charge < -0.3 is 54.4 Å². The quantitative estimate of drug-likeness (QED) is 0.0358. The Kier molecular flexibility index (Phi) is 17.5. The van der Waals surface area contributed by atoms with Crippen molar-refractivity contribution in [2.24, 2.45) is 27.9 Å². The van der Waals surface area contributed by atoms with Crippen molar-refractivity contribution in [2.45, 2.75) is 89.0 Å². The van der Waals surface area contributed by atoms with Gasteiger partial charge in [-0.15, -0.1) is 0 Å². The maximum Gasteiger partial charge on any atom is 0.326 e. The van der Waals surface area contributed by atoms with Gasteiger partial charge in [-0.25, -0.2) is 4.79 Å². The Bertz CT molecular complexity index is 1870. The van der Waals surface area contributed by atoms with Crippen LogP contribution in [0.3, 0.4) is 0 Å². The molecule has 0 aliphatic carbocycles. The van der Waals surface area contributed by atoms with Gasteiger partial charge >= 0.3 is 5.97 Å². The van der Waals surface area contributed by atoms with Gasteiger partial charge in [-0.2, -0.15) is 0 Å². The van der Waals surface area contributed by atoms with Gasteiger partial charge in [0, 0.05) is 25.8 Å². The predicted octanol–water partition coefficient (Wildman–Crippen LogP) is -0.293. The number of nitrogens with two attached hydrogens (primary N) is 4. The molecule has 0 aromatic heterocycles. The van der Waals surface area contributed by atoms with Crippen molar-refractivity contribution >= 4 is 41.5 Å². The Morgan fingerprint density at radius 1 is 0.649 bits per heavy atom. The van der Waals surface area contributed by atoms with Crippen LogP contribution in [0.1, 0.15) is 53.5 Å². The molecule has 3 aromatic rings. The summed E-state index contributed by atoms with van der Waals surface area (Å²) in [6, 6.07) is 14.2. The van der Waals surface area contributed by atoms with Gasteiger partial charge in [-0.3, -0.25) is 29.0 Å². The number of aliphatic carboxylic acids is 1. The lowest BCUT2D eigenvalue weighted by Crippen LogP contribution is -2.59. The number of benzene rings is 3. The van der Waals surface area contributed by atoms with Gasteiger partial charge in [0.25, 0.3) is 0 Å². The number of phenolic OH excluding ortho intramolecular Hbond substituents is 1. The smallest absolute Gasteiger partial charge is 0.326 e. The molecule has 0 bridgehead atoms. The molecule has 5 amide bonds. The van der Waals surface area contributed by atoms with Crippen molar-refractivity contribution in [1.82, 2.24) is 21.3 Å². The van der Waals surface area contributed by atoms with Crippen LogP contribution in [0.25, 0.3) is 0 Å². The Morgan fingerprint density at radius 2 is 1.11 bits per heavy atom. The summed E-state index contributed by atoms with van der Waals surface area (Å²) in [7, 11) is 0. The predicted molar refractivity (Wildman–Crippen MR) is 213 cm³/mol. The average molecular weight is 788 g/mol. The molecule has 0 saturated heterocycles. The second-order valence-corrected chi connectivity index (χ2v) is 13.8. The van der Waals surface area contributed by atoms with Crippen molar-refractivity contribution in [3.8, 4) is 5.75 Å². The molecule has 0 spiro atoms. The lowest BCUT2D eigenvalue weighted by molar-refractivity contribution is -0.142. The van der Waals surface area contributed by atoms with E-state index in [9.17, 15) is 39.0 Å². The summed E-state index contributed by atoms with van der Waals surface area (Å²) in [5, 5.41) is 30.2. The molecular formula is C40H53N9O8. The van der Waals surface area contributed by atoms with Gasteiger partial charge in [0.1, 0.15) is 29.9 Å². The molecular weight excluding hydrogens is 734 g/mol. The van der Waals surface area contributed by atoms with E-state index < -0.39 is 65.7 Å². The lowest BCUT2D eigenvalue weighted by Gasteiger charge is -2.27. The van der Waals surface area contributed by atoms with E-state index in [1.54, 1.807) is 86.6 Å². The van der Waals surface area contributed by atoms with Gasteiger partial charge in [-0.1, -0.05) is 60.7 Å². The normalized spacial score (nSPS) is 13.5. The summed E-state index contributed by atoms with van der Waals surface area (Å²) in [6.07, 6.45) is -0.223. The van der Waals surface area contributed by atoms with Crippen LogP contribution in [0.5, 0.6) is 5.75 Å². The number of carbonyl (C=O) groups excluding carboxylic acids is 5. The Balaban J connectivity index is 1.90. The fourth-order valence-electron chi connectivity index (χ4n) is 6.14. The first-order valence-corrected chi connectivity index (χ1v) is 18.4. The third-order valence-corrected chi connectivity index (χ3v) is 9.15. The summed E-state index contributed by atoms with van der Waals surface area (Å²) in [4.78, 5) is 82.6. The monoisotopic (exact) mass is 787 g/mol. The van der Waals surface area contributed by atoms with E-state index in [4.69, 9.17) is 22.9 Å². The molecule has 0 unspecified atom stereocenters. The highest BCUT2D eigenvalue weighted by molar-refractivity contribution is 5.96. The molecule has 0 heterocycles. The highest BCUT2D eigenvalue weighted by Gasteiger charge is 2.32. The standard InChI is InChI=1S/C40H53N9O8/c1-23-18-27(50)19-24(2)28(23)22-29(41)35(52)46-30(14-9-17-45-40(43)44)36(53)48-33(21-26-12-7-4-8-13-26)38(55)49-32(20-25-10-5-3-6-11-25)37(54)47-31(39(56)57)15-16-34(42)51/h3-8,10-13,18-19,29-33,50H,9,14-17,20-22,41H2,1-2H3,(H2,42,51)(H,46,52)(H,47,54)(H,48,53)(H,49,55)(H,56,57)(H4,43,44,45)/t29-,30+,31-,32-,33-/m0/s1. The second-order valence-electron chi connectivity index (χ2n) is 13.8. The molecule has 0 fully saturated rings. The van der Waals surface area contributed by atoms with E-state index in [0.717, 1.165) is 16.7 Å². The lowest BCUT2D eigenvalue weighted by atomic mass is 9.95. The van der Waals surface area contributed by atoms with Gasteiger partial charge in [0.2, 0.25) is 29.5 Å². The zero-order chi connectivity index (χ0) is 42.1. The van der Waals surface area contributed by atoms with Crippen LogP contribution in [-0.4, -0.2) is 88.4 Å². The summed E-state index contributed by atoms with van der Waals surface area (Å²) >= 11 is 0. The van der Waals surface area contributed by atoms with Crippen molar-refractivity contribution in [3.05, 3.63) is 101 Å². The van der Waals surface area contributed by atoms with Crippen molar-refractivity contribution in [2.75, 3.05) is 6.54 Å². The van der Waals surface area contributed by atoms with Crippen LogP contribution >= 0.6 is 0 Å². The molecule has 0 aliphatic rings. The number of carbonyl (C=O) groups is 6. The number of nitrogens with zero attached hydrogens (tertiary/aromatic N) is 1. The minimum Gasteiger partial charge on any atom is -0.508 e. The number of carboxylic acid groups (broad SMARTS) is 1. The first-order valence-electron chi connectivity index (χ1n) is 18.4. The topological polar surface area (TPSA) is 307 Å². The number of carboxylic acids is 1. The molecule has 5 atom stereocenters. The van der Waals surface area contributed by atoms with E-state index >= 15 is 0 Å². The molecule has 306 valence electrons. The molecule has 0 radical (unpaired) electrons. The molecule has 17 heteroatoms. The minimum absolute atomic E-state index is 0.0258. The van der Waals surface area contributed by atoms with Crippen LogP contribution in [0.2, 0.25) is 0 Å². The summed E-state index contributed by atoms with van der Waals surface area (Å²) in [5.41, 5.74) is 26.0. The third-order valence-electron chi connectivity index (χ3n) is 9.15. The minimum atomic E-state index is -1.48. The molecule has 57 heavy (non-hydrogen) atoms. The molecule has 0 saturated carbocycles. The highest BCUT2D eigenvalue weighted by atomic mass is 16.4. The number of rotatable bonds is 22. The zero-order valence-electron chi connectivity index (χ0n) is 32.1. The van der Waals surface area contributed by atoms with E-state index in [2.05, 4.69) is 26.3 Å². The largest absolute Gasteiger partial charge is 0.508 e. The van der Waals surface area contributed by atoms with Gasteiger partial charge in [-0.05, 0) is 79.5 Å². The molecule has 14 N–H and O–H groups in total. The highest BCUT2D eigenvalue weighted by Crippen LogP contribution is 2.22. The summed E-state index contributed by atoms with van der Waals surface area (Å²) in [6.45, 7) is 3.71. The maximum absolute atomic E-state index is 14.1. The molecule has 3 aromatic carbocycles. The number of hydrogen-bond acceptors (Lipinski definition) is 9. The van der Waals surface area contributed by atoms with Crippen LogP contribution < -0.4 is 44.2 Å². The number of aromatic hydroxyl groups is 1. The van der Waals surface area contributed by atoms with Crippen molar-refractivity contribution in [3.63, 3.8) is 0 Å². The number of amides is 5. The van der Waals surface area contributed by atoms with Crippen LogP contribution in [0.15, 0.2) is 77.8 Å². The third kappa shape index (κ3) is 15.3. The van der Waals surface area contributed by atoms with E-state index in [-0.39, 0.29) is 63.2 Å². The SMILES string of the molecule is Cc1cc(O)cc(C)c1C[C@H](N)C(=O)N[C@H](CCCN=C(N)N)C(=O)N[C@@H](Cc1ccccc1)C(=O)N[C@@H](Cc1ccccc1)C(=O)N[C@@H](CCC(N)=O)C(=O)O. The van der Waals surface area contributed by atoms with Gasteiger partial charge in [0.05, 0.1) is 6.04 Å². The van der Waals surface area contributed by atoms with Crippen molar-refractivity contribution in [1.29, 1.82) is 0 Å². The Morgan fingerprint density at radius 3 is 1.56 bits per heavy atom. The number of hydrogen-bond donors (Lipinski definition) is 10. The zero-order valence-corrected chi connectivity index (χ0v) is 32.1. The number of guanidine groups is 1. The molecule has 17 nitrogen and oxygen atoms in total. The number of primary amides is 1. The number of phenols is 1. The van der Waals surface area contributed by atoms with E-state index in [1.165, 1.54) is 0 Å². The van der Waals surface area contributed by atoms with Crippen LogP contribution in [0.4, 0.5) is 0 Å². The Labute approximate surface area is 331 Å². The Hall–Kier alpha value is -6.49. The summed E-state index contributed by atoms with van der Waals surface area (Å²) in [5.74, 6) is -5.21. The second kappa shape index (κ2) is 22.2. The van der Waals surface area contributed by atoms with E-state index in [1.807, 2.05) is 0 Å². The fraction of sp³-hybridized carbons (Fsp3) is 0.375. The first kappa shape index (κ1) is 44.9. The molecule has 3 rings (SSSR count). The molecule has 0 aliphatic heterocycles.